The molecule has 0 radical (unpaired) electrons. The first kappa shape index (κ1) is 15.8. The number of ether oxygens (including phenoxy) is 1. The van der Waals surface area contributed by atoms with Crippen molar-refractivity contribution in [1.29, 1.82) is 5.26 Å². The number of nitriles is 1. The summed E-state index contributed by atoms with van der Waals surface area (Å²) >= 11 is 0. The topological polar surface area (TPSA) is 65.9 Å². The van der Waals surface area contributed by atoms with Gasteiger partial charge in [0.2, 0.25) is 0 Å². The molecule has 0 aliphatic carbocycles. The fraction of sp³-hybridized carbons (Fsp3) is 0.333. The lowest BCUT2D eigenvalue weighted by Gasteiger charge is -2.09. The van der Waals surface area contributed by atoms with Crippen molar-refractivity contribution < 1.29 is 4.74 Å². The Morgan fingerprint density at radius 1 is 1.27 bits per heavy atom. The number of nitrogens with zero attached hydrogens (tertiary/aromatic N) is 1. The molecule has 4 heteroatoms. The molecule has 0 atom stereocenters. The van der Waals surface area contributed by atoms with E-state index in [2.05, 4.69) is 18.8 Å². The van der Waals surface area contributed by atoms with Gasteiger partial charge >= 0.3 is 0 Å². The Hall–Kier alpha value is -2.54. The van der Waals surface area contributed by atoms with E-state index in [-0.39, 0.29) is 11.1 Å². The van der Waals surface area contributed by atoms with Crippen LogP contribution in [0.5, 0.6) is 5.75 Å². The minimum Gasteiger partial charge on any atom is -0.494 e. The molecular weight excluding hydrogens is 276 g/mol. The monoisotopic (exact) mass is 296 g/mol. The standard InChI is InChI=1S/C18H20N2O2/c1-12(2)8-9-22-15-6-4-14(5-7-15)16-10-13(3)20-18(21)17(16)11-19/h4-7,10,12H,8-9H2,1-3H3,(H,20,21). The molecule has 4 nitrogen and oxygen atoms in total. The van der Waals surface area contributed by atoms with Crippen molar-refractivity contribution in [3.05, 3.63) is 51.9 Å². The van der Waals surface area contributed by atoms with Crippen molar-refractivity contribution in [2.45, 2.75) is 27.2 Å². The fourth-order valence-electron chi connectivity index (χ4n) is 2.17. The van der Waals surface area contributed by atoms with E-state index in [4.69, 9.17) is 4.74 Å². The van der Waals surface area contributed by atoms with E-state index >= 15 is 0 Å². The summed E-state index contributed by atoms with van der Waals surface area (Å²) in [6, 6.07) is 11.3. The van der Waals surface area contributed by atoms with Gasteiger partial charge in [0, 0.05) is 11.3 Å². The van der Waals surface area contributed by atoms with Gasteiger partial charge in [-0.25, -0.2) is 0 Å². The van der Waals surface area contributed by atoms with Crippen molar-refractivity contribution in [3.63, 3.8) is 0 Å². The van der Waals surface area contributed by atoms with E-state index in [1.807, 2.05) is 36.4 Å². The van der Waals surface area contributed by atoms with Gasteiger partial charge in [0.05, 0.1) is 6.61 Å². The van der Waals surface area contributed by atoms with Crippen LogP contribution >= 0.6 is 0 Å². The largest absolute Gasteiger partial charge is 0.494 e. The minimum absolute atomic E-state index is 0.138. The second-order valence-electron chi connectivity index (χ2n) is 5.74. The average molecular weight is 296 g/mol. The van der Waals surface area contributed by atoms with Gasteiger partial charge in [-0.15, -0.1) is 0 Å². The van der Waals surface area contributed by atoms with Gasteiger partial charge in [0.1, 0.15) is 17.4 Å². The summed E-state index contributed by atoms with van der Waals surface area (Å²) in [4.78, 5) is 14.5. The predicted molar refractivity (Wildman–Crippen MR) is 86.9 cm³/mol. The Labute approximate surface area is 130 Å². The average Bonchev–Trinajstić information content (AvgIpc) is 2.47. The summed E-state index contributed by atoms with van der Waals surface area (Å²) in [5.41, 5.74) is 2.00. The molecule has 0 bridgehead atoms. The first-order valence-electron chi connectivity index (χ1n) is 7.38. The van der Waals surface area contributed by atoms with Crippen LogP contribution < -0.4 is 10.3 Å². The third-order valence-electron chi connectivity index (χ3n) is 3.41. The number of aromatic amines is 1. The van der Waals surface area contributed by atoms with E-state index < -0.39 is 0 Å². The zero-order chi connectivity index (χ0) is 16.1. The fourth-order valence-corrected chi connectivity index (χ4v) is 2.17. The number of rotatable bonds is 5. The highest BCUT2D eigenvalue weighted by Crippen LogP contribution is 2.24. The predicted octanol–water partition coefficient (Wildman–Crippen LogP) is 3.65. The molecule has 0 fully saturated rings. The number of benzene rings is 1. The molecule has 0 saturated heterocycles. The molecule has 0 amide bonds. The van der Waals surface area contributed by atoms with E-state index in [0.29, 0.717) is 18.1 Å². The van der Waals surface area contributed by atoms with E-state index in [1.165, 1.54) is 0 Å². The van der Waals surface area contributed by atoms with Gasteiger partial charge in [-0.2, -0.15) is 5.26 Å². The molecule has 2 aromatic rings. The molecular formula is C18H20N2O2. The lowest BCUT2D eigenvalue weighted by molar-refractivity contribution is 0.289. The number of nitrogens with one attached hydrogen (secondary N) is 1. The molecule has 0 saturated carbocycles. The van der Waals surface area contributed by atoms with Crippen molar-refractivity contribution in [1.82, 2.24) is 4.98 Å². The highest BCUT2D eigenvalue weighted by molar-refractivity contribution is 5.70. The SMILES string of the molecule is Cc1cc(-c2ccc(OCCC(C)C)cc2)c(C#N)c(=O)[nH]1. The number of aromatic nitrogens is 1. The molecule has 0 spiro atoms. The third kappa shape index (κ3) is 3.76. The molecule has 1 heterocycles. The second kappa shape index (κ2) is 6.95. The number of H-pyrrole nitrogens is 1. The van der Waals surface area contributed by atoms with E-state index in [9.17, 15) is 10.1 Å². The minimum atomic E-state index is -0.352. The van der Waals surface area contributed by atoms with Crippen LogP contribution in [-0.2, 0) is 0 Å². The first-order valence-corrected chi connectivity index (χ1v) is 7.38. The molecule has 114 valence electrons. The molecule has 2 rings (SSSR count). The van der Waals surface area contributed by atoms with Gasteiger partial charge in [-0.05, 0) is 43.0 Å². The van der Waals surface area contributed by atoms with Crippen LogP contribution in [0.1, 0.15) is 31.5 Å². The van der Waals surface area contributed by atoms with Crippen molar-refractivity contribution in [2.24, 2.45) is 5.92 Å². The number of hydrogen-bond acceptors (Lipinski definition) is 3. The quantitative estimate of drug-likeness (QED) is 0.916. The summed E-state index contributed by atoms with van der Waals surface area (Å²) < 4.78 is 5.68. The summed E-state index contributed by atoms with van der Waals surface area (Å²) in [5.74, 6) is 1.40. The number of aryl methyl sites for hydroxylation is 1. The maximum atomic E-state index is 11.8. The van der Waals surface area contributed by atoms with Crippen LogP contribution in [-0.4, -0.2) is 11.6 Å². The molecule has 0 aliphatic rings. The second-order valence-corrected chi connectivity index (χ2v) is 5.74. The van der Waals surface area contributed by atoms with E-state index in [1.54, 1.807) is 6.92 Å². The molecule has 22 heavy (non-hydrogen) atoms. The summed E-state index contributed by atoms with van der Waals surface area (Å²) in [6.45, 7) is 6.80. The maximum absolute atomic E-state index is 11.8. The smallest absolute Gasteiger partial charge is 0.266 e. The zero-order valence-electron chi connectivity index (χ0n) is 13.1. The molecule has 0 unspecified atom stereocenters. The lowest BCUT2D eigenvalue weighted by atomic mass is 10.0. The summed E-state index contributed by atoms with van der Waals surface area (Å²) in [6.07, 6.45) is 1.01. The molecule has 1 aromatic heterocycles. The third-order valence-corrected chi connectivity index (χ3v) is 3.41. The Bertz CT molecular complexity index is 737. The van der Waals surface area contributed by atoms with Crippen LogP contribution in [0.25, 0.3) is 11.1 Å². The normalized spacial score (nSPS) is 10.5. The van der Waals surface area contributed by atoms with Crippen LogP contribution in [0.15, 0.2) is 35.1 Å². The molecule has 0 aliphatic heterocycles. The van der Waals surface area contributed by atoms with Crippen molar-refractivity contribution in [2.75, 3.05) is 6.61 Å². The van der Waals surface area contributed by atoms with Crippen LogP contribution in [0, 0.1) is 24.2 Å². The van der Waals surface area contributed by atoms with Gasteiger partial charge in [-0.1, -0.05) is 26.0 Å². The number of hydrogen-bond donors (Lipinski definition) is 1. The Morgan fingerprint density at radius 2 is 1.95 bits per heavy atom. The van der Waals surface area contributed by atoms with Crippen molar-refractivity contribution in [3.8, 4) is 22.9 Å². The Morgan fingerprint density at radius 3 is 2.55 bits per heavy atom. The summed E-state index contributed by atoms with van der Waals surface area (Å²) in [7, 11) is 0. The first-order chi connectivity index (χ1) is 10.5. The maximum Gasteiger partial charge on any atom is 0.266 e. The van der Waals surface area contributed by atoms with E-state index in [0.717, 1.165) is 23.4 Å². The van der Waals surface area contributed by atoms with Crippen LogP contribution in [0.2, 0.25) is 0 Å². The van der Waals surface area contributed by atoms with Gasteiger partial charge in [0.25, 0.3) is 5.56 Å². The molecule has 1 aromatic carbocycles. The van der Waals surface area contributed by atoms with Gasteiger partial charge in [-0.3, -0.25) is 4.79 Å². The lowest BCUT2D eigenvalue weighted by Crippen LogP contribution is -2.12. The van der Waals surface area contributed by atoms with Gasteiger partial charge < -0.3 is 9.72 Å². The Kier molecular flexibility index (Phi) is 5.00. The van der Waals surface area contributed by atoms with Crippen molar-refractivity contribution >= 4 is 0 Å². The van der Waals surface area contributed by atoms with Gasteiger partial charge in [0.15, 0.2) is 0 Å². The van der Waals surface area contributed by atoms with Crippen LogP contribution in [0.4, 0.5) is 0 Å². The Balaban J connectivity index is 2.25. The number of pyridine rings is 1. The molecule has 1 N–H and O–H groups in total. The highest BCUT2D eigenvalue weighted by Gasteiger charge is 2.10. The summed E-state index contributed by atoms with van der Waals surface area (Å²) in [5, 5.41) is 9.18. The highest BCUT2D eigenvalue weighted by atomic mass is 16.5. The van der Waals surface area contributed by atoms with Crippen LogP contribution in [0.3, 0.4) is 0 Å². The zero-order valence-corrected chi connectivity index (χ0v) is 13.1.